The molecule has 6 heteroatoms. The van der Waals surface area contributed by atoms with Gasteiger partial charge in [-0.2, -0.15) is 5.26 Å². The largest absolute Gasteiger partial charge is 0.375 e. The van der Waals surface area contributed by atoms with E-state index in [0.717, 1.165) is 43.9 Å². The second kappa shape index (κ2) is 8.85. The zero-order valence-electron chi connectivity index (χ0n) is 16.7. The van der Waals surface area contributed by atoms with Crippen molar-refractivity contribution in [1.82, 2.24) is 14.9 Å². The average molecular weight is 380 g/mol. The zero-order chi connectivity index (χ0) is 19.3. The lowest BCUT2D eigenvalue weighted by Gasteiger charge is -2.38. The molecule has 2 fully saturated rings. The molecule has 0 amide bonds. The molecule has 0 aliphatic carbocycles. The number of benzene rings is 1. The highest BCUT2D eigenvalue weighted by atomic mass is 16.5. The van der Waals surface area contributed by atoms with Crippen molar-refractivity contribution in [1.29, 1.82) is 5.26 Å². The lowest BCUT2D eigenvalue weighted by Crippen LogP contribution is -2.44. The Hall–Kier alpha value is -2.23. The van der Waals surface area contributed by atoms with Crippen molar-refractivity contribution in [2.45, 2.75) is 38.7 Å². The molecule has 148 valence electrons. The number of nitrogens with zero attached hydrogens (tertiary/aromatic N) is 5. The first kappa shape index (κ1) is 19.1. The van der Waals surface area contributed by atoms with Crippen LogP contribution in [0.1, 0.15) is 38.2 Å². The SMILES string of the molecule is C[C@H]1C[C@@H](OCCN2CCCCC2)CN(c2ccc(C#N)c3nccnc23)C1. The summed E-state index contributed by atoms with van der Waals surface area (Å²) in [5.74, 6) is 0.552. The van der Waals surface area contributed by atoms with Crippen LogP contribution < -0.4 is 4.90 Å². The minimum absolute atomic E-state index is 0.232. The molecule has 4 rings (SSSR count). The molecule has 0 saturated carbocycles. The minimum atomic E-state index is 0.232. The Kier molecular flexibility index (Phi) is 6.04. The number of nitriles is 1. The quantitative estimate of drug-likeness (QED) is 0.795. The third kappa shape index (κ3) is 4.26. The van der Waals surface area contributed by atoms with Crippen LogP contribution in [0, 0.1) is 17.2 Å². The van der Waals surface area contributed by atoms with Crippen molar-refractivity contribution in [2.24, 2.45) is 5.92 Å². The van der Waals surface area contributed by atoms with Gasteiger partial charge in [-0.15, -0.1) is 0 Å². The number of piperidine rings is 2. The van der Waals surface area contributed by atoms with Gasteiger partial charge >= 0.3 is 0 Å². The van der Waals surface area contributed by atoms with Crippen LogP contribution in [-0.2, 0) is 4.74 Å². The lowest BCUT2D eigenvalue weighted by molar-refractivity contribution is 0.0177. The van der Waals surface area contributed by atoms with Crippen LogP contribution in [0.2, 0.25) is 0 Å². The first-order valence-electron chi connectivity index (χ1n) is 10.5. The van der Waals surface area contributed by atoms with Crippen molar-refractivity contribution >= 4 is 16.7 Å². The van der Waals surface area contributed by atoms with E-state index in [0.29, 0.717) is 17.0 Å². The van der Waals surface area contributed by atoms with Crippen LogP contribution in [0.15, 0.2) is 24.5 Å². The molecule has 1 aromatic carbocycles. The normalized spacial score (nSPS) is 23.6. The molecular weight excluding hydrogens is 350 g/mol. The molecule has 0 bridgehead atoms. The molecule has 6 nitrogen and oxygen atoms in total. The van der Waals surface area contributed by atoms with Gasteiger partial charge in [-0.25, -0.2) is 0 Å². The molecular formula is C22H29N5O. The number of hydrogen-bond donors (Lipinski definition) is 0. The average Bonchev–Trinajstić information content (AvgIpc) is 2.73. The molecule has 2 aliphatic heterocycles. The van der Waals surface area contributed by atoms with Gasteiger partial charge in [-0.1, -0.05) is 13.3 Å². The standard InChI is InChI=1S/C22H29N5O/c1-17-13-19(28-12-11-26-9-3-2-4-10-26)16-27(15-17)20-6-5-18(14-23)21-22(20)25-8-7-24-21/h5-8,17,19H,2-4,9-13,15-16H2,1H3/t17-,19+/m0/s1. The maximum Gasteiger partial charge on any atom is 0.113 e. The molecule has 1 aromatic heterocycles. The van der Waals surface area contributed by atoms with Crippen molar-refractivity contribution in [3.05, 3.63) is 30.1 Å². The molecule has 2 atom stereocenters. The number of fused-ring (bicyclic) bond motifs is 1. The van der Waals surface area contributed by atoms with Crippen molar-refractivity contribution < 1.29 is 4.74 Å². The Morgan fingerprint density at radius 3 is 2.68 bits per heavy atom. The summed E-state index contributed by atoms with van der Waals surface area (Å²) < 4.78 is 6.29. The van der Waals surface area contributed by atoms with E-state index in [-0.39, 0.29) is 6.10 Å². The maximum absolute atomic E-state index is 9.37. The van der Waals surface area contributed by atoms with E-state index in [2.05, 4.69) is 32.8 Å². The molecule has 2 aliphatic rings. The number of aromatic nitrogens is 2. The Labute approximate surface area is 167 Å². The van der Waals surface area contributed by atoms with Gasteiger partial charge in [0.2, 0.25) is 0 Å². The van der Waals surface area contributed by atoms with Crippen LogP contribution in [-0.4, -0.2) is 60.3 Å². The Balaban J connectivity index is 1.45. The second-order valence-electron chi connectivity index (χ2n) is 8.14. The molecule has 2 aromatic rings. The number of ether oxygens (including phenoxy) is 1. The summed E-state index contributed by atoms with van der Waals surface area (Å²) in [5, 5.41) is 9.37. The Morgan fingerprint density at radius 2 is 1.89 bits per heavy atom. The predicted molar refractivity (Wildman–Crippen MR) is 110 cm³/mol. The number of anilines is 1. The van der Waals surface area contributed by atoms with Crippen LogP contribution in [0.4, 0.5) is 5.69 Å². The van der Waals surface area contributed by atoms with Crippen LogP contribution >= 0.6 is 0 Å². The summed E-state index contributed by atoms with van der Waals surface area (Å²) in [6.45, 7) is 8.39. The van der Waals surface area contributed by atoms with E-state index in [4.69, 9.17) is 4.74 Å². The number of likely N-dealkylation sites (tertiary alicyclic amines) is 1. The molecule has 0 spiro atoms. The number of rotatable bonds is 5. The van der Waals surface area contributed by atoms with Gasteiger partial charge in [0, 0.05) is 32.0 Å². The first-order chi connectivity index (χ1) is 13.7. The minimum Gasteiger partial charge on any atom is -0.375 e. The lowest BCUT2D eigenvalue weighted by atomic mass is 9.96. The molecule has 0 N–H and O–H groups in total. The summed E-state index contributed by atoms with van der Waals surface area (Å²) in [6.07, 6.45) is 8.69. The Morgan fingerprint density at radius 1 is 1.11 bits per heavy atom. The van der Waals surface area contributed by atoms with Gasteiger partial charge in [-0.05, 0) is 50.4 Å². The number of hydrogen-bond acceptors (Lipinski definition) is 6. The van der Waals surface area contributed by atoms with Gasteiger partial charge < -0.3 is 14.5 Å². The topological polar surface area (TPSA) is 65.3 Å². The van der Waals surface area contributed by atoms with E-state index in [9.17, 15) is 5.26 Å². The molecule has 2 saturated heterocycles. The monoisotopic (exact) mass is 379 g/mol. The highest BCUT2D eigenvalue weighted by molar-refractivity contribution is 5.92. The summed E-state index contributed by atoms with van der Waals surface area (Å²) in [7, 11) is 0. The molecule has 3 heterocycles. The summed E-state index contributed by atoms with van der Waals surface area (Å²) in [4.78, 5) is 13.8. The highest BCUT2D eigenvalue weighted by Crippen LogP contribution is 2.30. The van der Waals surface area contributed by atoms with E-state index < -0.39 is 0 Å². The first-order valence-corrected chi connectivity index (χ1v) is 10.5. The molecule has 0 radical (unpaired) electrons. The van der Waals surface area contributed by atoms with Crippen molar-refractivity contribution in [2.75, 3.05) is 44.2 Å². The van der Waals surface area contributed by atoms with E-state index in [1.165, 1.54) is 32.4 Å². The summed E-state index contributed by atoms with van der Waals surface area (Å²) >= 11 is 0. The van der Waals surface area contributed by atoms with E-state index in [1.54, 1.807) is 12.4 Å². The highest BCUT2D eigenvalue weighted by Gasteiger charge is 2.27. The fourth-order valence-electron chi connectivity index (χ4n) is 4.53. The third-order valence-corrected chi connectivity index (χ3v) is 5.90. The fraction of sp³-hybridized carbons (Fsp3) is 0.591. The summed E-state index contributed by atoms with van der Waals surface area (Å²) in [5.41, 5.74) is 3.12. The smallest absolute Gasteiger partial charge is 0.113 e. The van der Waals surface area contributed by atoms with Gasteiger partial charge in [0.25, 0.3) is 0 Å². The van der Waals surface area contributed by atoms with E-state index in [1.807, 2.05) is 12.1 Å². The van der Waals surface area contributed by atoms with Crippen molar-refractivity contribution in [3.8, 4) is 6.07 Å². The van der Waals surface area contributed by atoms with Crippen LogP contribution in [0.3, 0.4) is 0 Å². The molecule has 28 heavy (non-hydrogen) atoms. The summed E-state index contributed by atoms with van der Waals surface area (Å²) in [6, 6.07) is 6.10. The maximum atomic E-state index is 9.37. The molecule has 0 unspecified atom stereocenters. The third-order valence-electron chi connectivity index (χ3n) is 5.90. The van der Waals surface area contributed by atoms with Crippen molar-refractivity contribution in [3.63, 3.8) is 0 Å². The van der Waals surface area contributed by atoms with Gasteiger partial charge in [0.15, 0.2) is 0 Å². The van der Waals surface area contributed by atoms with Gasteiger partial charge in [0.05, 0.1) is 24.0 Å². The fourth-order valence-corrected chi connectivity index (χ4v) is 4.53. The van der Waals surface area contributed by atoms with Crippen LogP contribution in [0.25, 0.3) is 11.0 Å². The van der Waals surface area contributed by atoms with E-state index >= 15 is 0 Å². The van der Waals surface area contributed by atoms with Crippen LogP contribution in [0.5, 0.6) is 0 Å². The Bertz CT molecular complexity index is 842. The van der Waals surface area contributed by atoms with Gasteiger partial charge in [0.1, 0.15) is 17.1 Å². The zero-order valence-corrected chi connectivity index (χ0v) is 16.7. The predicted octanol–water partition coefficient (Wildman–Crippen LogP) is 3.22. The second-order valence-corrected chi connectivity index (χ2v) is 8.14. The van der Waals surface area contributed by atoms with Gasteiger partial charge in [-0.3, -0.25) is 9.97 Å².